The zero-order valence-corrected chi connectivity index (χ0v) is 14.3. The fourth-order valence-corrected chi connectivity index (χ4v) is 4.03. The molecule has 2 heterocycles. The second-order valence-corrected chi connectivity index (χ2v) is 7.97. The van der Waals surface area contributed by atoms with Gasteiger partial charge < -0.3 is 14.6 Å². The van der Waals surface area contributed by atoms with E-state index in [1.165, 1.54) is 6.20 Å². The summed E-state index contributed by atoms with van der Waals surface area (Å²) in [5.74, 6) is 0.418. The van der Waals surface area contributed by atoms with E-state index in [9.17, 15) is 8.42 Å². The first-order valence-corrected chi connectivity index (χ1v) is 9.27. The van der Waals surface area contributed by atoms with E-state index in [0.717, 1.165) is 6.54 Å². The fraction of sp³-hybridized carbons (Fsp3) is 0.438. The SMILES string of the molecule is CC1(CNS(=O)(=O)c2ccccc2-c2ccno2)CNCCOC1. The van der Waals surface area contributed by atoms with E-state index in [1.807, 2.05) is 6.92 Å². The van der Waals surface area contributed by atoms with Gasteiger partial charge in [-0.05, 0) is 12.1 Å². The van der Waals surface area contributed by atoms with Gasteiger partial charge in [0.05, 0.1) is 24.3 Å². The van der Waals surface area contributed by atoms with Crippen molar-refractivity contribution in [2.45, 2.75) is 11.8 Å². The highest BCUT2D eigenvalue weighted by Gasteiger charge is 2.29. The van der Waals surface area contributed by atoms with Gasteiger partial charge in [0.25, 0.3) is 0 Å². The summed E-state index contributed by atoms with van der Waals surface area (Å²) < 4.78 is 38.9. The molecule has 0 radical (unpaired) electrons. The molecule has 2 N–H and O–H groups in total. The Bertz CT molecular complexity index is 766. The number of ether oxygens (including phenoxy) is 1. The normalized spacial score (nSPS) is 22.2. The van der Waals surface area contributed by atoms with Crippen molar-refractivity contribution in [3.05, 3.63) is 36.5 Å². The van der Waals surface area contributed by atoms with E-state index in [2.05, 4.69) is 15.2 Å². The van der Waals surface area contributed by atoms with Crippen molar-refractivity contribution in [1.29, 1.82) is 0 Å². The van der Waals surface area contributed by atoms with E-state index in [1.54, 1.807) is 30.3 Å². The van der Waals surface area contributed by atoms with Crippen LogP contribution in [0.15, 0.2) is 45.9 Å². The molecule has 1 aliphatic heterocycles. The molecular weight excluding hydrogens is 330 g/mol. The number of hydrogen-bond acceptors (Lipinski definition) is 6. The van der Waals surface area contributed by atoms with Crippen LogP contribution < -0.4 is 10.0 Å². The highest BCUT2D eigenvalue weighted by molar-refractivity contribution is 7.89. The third-order valence-electron chi connectivity index (χ3n) is 3.99. The molecule has 3 rings (SSSR count). The molecule has 130 valence electrons. The van der Waals surface area contributed by atoms with Gasteiger partial charge in [-0.15, -0.1) is 0 Å². The highest BCUT2D eigenvalue weighted by Crippen LogP contribution is 2.27. The molecule has 1 atom stereocenters. The lowest BCUT2D eigenvalue weighted by atomic mass is 9.92. The van der Waals surface area contributed by atoms with Crippen molar-refractivity contribution in [2.75, 3.05) is 32.8 Å². The number of nitrogens with zero attached hydrogens (tertiary/aromatic N) is 1. The van der Waals surface area contributed by atoms with Gasteiger partial charge in [0.15, 0.2) is 5.76 Å². The standard InChI is InChI=1S/C16H21N3O4S/c1-16(10-17-8-9-22-12-16)11-19-24(20,21)15-5-3-2-4-13(15)14-6-7-18-23-14/h2-7,17,19H,8-12H2,1H3. The quantitative estimate of drug-likeness (QED) is 0.842. The van der Waals surface area contributed by atoms with Crippen LogP contribution in [0.25, 0.3) is 11.3 Å². The van der Waals surface area contributed by atoms with Gasteiger partial charge in [-0.1, -0.05) is 24.2 Å². The summed E-state index contributed by atoms with van der Waals surface area (Å²) in [6.07, 6.45) is 1.49. The molecule has 24 heavy (non-hydrogen) atoms. The van der Waals surface area contributed by atoms with Crippen molar-refractivity contribution >= 4 is 10.0 Å². The Kier molecular flexibility index (Phi) is 5.00. The molecule has 0 aliphatic carbocycles. The maximum atomic E-state index is 12.8. The van der Waals surface area contributed by atoms with Crippen LogP contribution in [0.2, 0.25) is 0 Å². The Morgan fingerprint density at radius 1 is 1.33 bits per heavy atom. The van der Waals surface area contributed by atoms with Crippen molar-refractivity contribution < 1.29 is 17.7 Å². The van der Waals surface area contributed by atoms with Gasteiger partial charge >= 0.3 is 0 Å². The number of sulfonamides is 1. The lowest BCUT2D eigenvalue weighted by Crippen LogP contribution is -2.43. The molecule has 1 saturated heterocycles. The molecule has 0 spiro atoms. The van der Waals surface area contributed by atoms with Crippen LogP contribution in [0.4, 0.5) is 0 Å². The first-order valence-electron chi connectivity index (χ1n) is 7.78. The van der Waals surface area contributed by atoms with Crippen LogP contribution in [0.1, 0.15) is 6.92 Å². The minimum Gasteiger partial charge on any atom is -0.379 e. The monoisotopic (exact) mass is 351 g/mol. The average Bonchev–Trinajstić information content (AvgIpc) is 3.03. The van der Waals surface area contributed by atoms with Crippen LogP contribution in [0, 0.1) is 5.41 Å². The minimum atomic E-state index is -3.69. The molecule has 1 aliphatic rings. The van der Waals surface area contributed by atoms with Crippen LogP contribution >= 0.6 is 0 Å². The third-order valence-corrected chi connectivity index (χ3v) is 5.45. The molecule has 1 unspecified atom stereocenters. The first kappa shape index (κ1) is 17.1. The Morgan fingerprint density at radius 2 is 2.17 bits per heavy atom. The summed E-state index contributed by atoms with van der Waals surface area (Å²) >= 11 is 0. The molecular formula is C16H21N3O4S. The Balaban J connectivity index is 1.81. The van der Waals surface area contributed by atoms with Gasteiger partial charge in [-0.25, -0.2) is 13.1 Å². The third kappa shape index (κ3) is 3.84. The van der Waals surface area contributed by atoms with Gasteiger partial charge in [0.2, 0.25) is 10.0 Å². The summed E-state index contributed by atoms with van der Waals surface area (Å²) in [7, 11) is -3.69. The number of benzene rings is 1. The summed E-state index contributed by atoms with van der Waals surface area (Å²) in [4.78, 5) is 0.174. The van der Waals surface area contributed by atoms with E-state index in [-0.39, 0.29) is 16.9 Å². The number of nitrogens with one attached hydrogen (secondary N) is 2. The lowest BCUT2D eigenvalue weighted by Gasteiger charge is -2.27. The topological polar surface area (TPSA) is 93.5 Å². The van der Waals surface area contributed by atoms with Crippen LogP contribution in [0.3, 0.4) is 0 Å². The maximum absolute atomic E-state index is 12.8. The van der Waals surface area contributed by atoms with Gasteiger partial charge in [0.1, 0.15) is 0 Å². The van der Waals surface area contributed by atoms with Crippen molar-refractivity contribution in [1.82, 2.24) is 15.2 Å². The van der Waals surface area contributed by atoms with Crippen LogP contribution in [0.5, 0.6) is 0 Å². The molecule has 0 bridgehead atoms. The van der Waals surface area contributed by atoms with Crippen LogP contribution in [-0.4, -0.2) is 46.4 Å². The van der Waals surface area contributed by atoms with Gasteiger partial charge in [-0.2, -0.15) is 0 Å². The molecule has 0 amide bonds. The Morgan fingerprint density at radius 3 is 2.96 bits per heavy atom. The van der Waals surface area contributed by atoms with E-state index < -0.39 is 10.0 Å². The summed E-state index contributed by atoms with van der Waals surface area (Å²) in [5.41, 5.74) is 0.188. The summed E-state index contributed by atoms with van der Waals surface area (Å²) in [5, 5.41) is 6.91. The highest BCUT2D eigenvalue weighted by atomic mass is 32.2. The molecule has 8 heteroatoms. The fourth-order valence-electron chi connectivity index (χ4n) is 2.62. The second kappa shape index (κ2) is 7.02. The zero-order chi connectivity index (χ0) is 17.0. The molecule has 7 nitrogen and oxygen atoms in total. The van der Waals surface area contributed by atoms with Crippen molar-refractivity contribution in [3.63, 3.8) is 0 Å². The van der Waals surface area contributed by atoms with Gasteiger partial charge in [-0.3, -0.25) is 0 Å². The molecule has 2 aromatic rings. The smallest absolute Gasteiger partial charge is 0.241 e. The summed E-state index contributed by atoms with van der Waals surface area (Å²) in [6.45, 7) is 4.89. The number of aromatic nitrogens is 1. The van der Waals surface area contributed by atoms with Crippen LogP contribution in [-0.2, 0) is 14.8 Å². The van der Waals surface area contributed by atoms with E-state index in [4.69, 9.17) is 9.26 Å². The van der Waals surface area contributed by atoms with E-state index in [0.29, 0.717) is 31.1 Å². The first-order chi connectivity index (χ1) is 11.5. The average molecular weight is 351 g/mol. The Hall–Kier alpha value is -1.74. The minimum absolute atomic E-state index is 0.174. The largest absolute Gasteiger partial charge is 0.379 e. The summed E-state index contributed by atoms with van der Waals surface area (Å²) in [6, 6.07) is 8.35. The lowest BCUT2D eigenvalue weighted by molar-refractivity contribution is 0.0820. The molecule has 0 saturated carbocycles. The predicted octanol–water partition coefficient (Wildman–Crippen LogP) is 1.25. The van der Waals surface area contributed by atoms with Crippen molar-refractivity contribution in [2.24, 2.45) is 5.41 Å². The molecule has 1 fully saturated rings. The molecule has 1 aromatic heterocycles. The van der Waals surface area contributed by atoms with E-state index >= 15 is 0 Å². The number of rotatable bonds is 5. The van der Waals surface area contributed by atoms with Gasteiger partial charge in [0, 0.05) is 36.7 Å². The second-order valence-electron chi connectivity index (χ2n) is 6.24. The maximum Gasteiger partial charge on any atom is 0.241 e. The molecule has 1 aromatic carbocycles. The predicted molar refractivity (Wildman–Crippen MR) is 88.9 cm³/mol. The van der Waals surface area contributed by atoms with Crippen molar-refractivity contribution in [3.8, 4) is 11.3 Å². The zero-order valence-electron chi connectivity index (χ0n) is 13.5. The Labute approximate surface area is 141 Å². The number of hydrogen-bond donors (Lipinski definition) is 2.